The molecule has 0 aliphatic rings. The summed E-state index contributed by atoms with van der Waals surface area (Å²) < 4.78 is 1.25. The minimum absolute atomic E-state index is 0.564. The summed E-state index contributed by atoms with van der Waals surface area (Å²) in [6.07, 6.45) is 1.14. The van der Waals surface area contributed by atoms with Gasteiger partial charge >= 0.3 is 0 Å². The highest BCUT2D eigenvalue weighted by Gasteiger charge is 2.08. The van der Waals surface area contributed by atoms with Crippen LogP contribution in [-0.4, -0.2) is 13.6 Å². The van der Waals surface area contributed by atoms with E-state index in [4.69, 9.17) is 0 Å². The zero-order valence-electron chi connectivity index (χ0n) is 10.7. The second-order valence-corrected chi connectivity index (χ2v) is 5.76. The lowest BCUT2D eigenvalue weighted by atomic mass is 9.97. The molecular formula is C14H22BrN. The molecule has 0 saturated heterocycles. The fourth-order valence-corrected chi connectivity index (χ4v) is 2.46. The van der Waals surface area contributed by atoms with Crippen molar-refractivity contribution in [2.45, 2.75) is 33.1 Å². The summed E-state index contributed by atoms with van der Waals surface area (Å²) in [5.41, 5.74) is 2.81. The third kappa shape index (κ3) is 3.91. The van der Waals surface area contributed by atoms with Crippen LogP contribution in [0.3, 0.4) is 0 Å². The van der Waals surface area contributed by atoms with Crippen LogP contribution in [0.1, 0.15) is 37.8 Å². The molecule has 0 heterocycles. The zero-order chi connectivity index (χ0) is 12.1. The Morgan fingerprint density at radius 2 is 1.94 bits per heavy atom. The number of hydrogen-bond donors (Lipinski definition) is 1. The average molecular weight is 284 g/mol. The highest BCUT2D eigenvalue weighted by Crippen LogP contribution is 2.25. The second kappa shape index (κ2) is 6.41. The molecule has 0 spiro atoms. The molecule has 0 aliphatic heterocycles. The summed E-state index contributed by atoms with van der Waals surface area (Å²) in [6, 6.07) is 6.77. The minimum atomic E-state index is 0.564. The van der Waals surface area contributed by atoms with Crippen LogP contribution in [0.2, 0.25) is 0 Å². The Labute approximate surface area is 108 Å². The van der Waals surface area contributed by atoms with Crippen molar-refractivity contribution in [3.8, 4) is 0 Å². The Balaban J connectivity index is 2.82. The van der Waals surface area contributed by atoms with Crippen LogP contribution in [0, 0.1) is 5.92 Å². The predicted molar refractivity (Wildman–Crippen MR) is 75.0 cm³/mol. The summed E-state index contributed by atoms with van der Waals surface area (Å²) in [6.45, 7) is 7.78. The van der Waals surface area contributed by atoms with Crippen molar-refractivity contribution in [2.75, 3.05) is 13.6 Å². The van der Waals surface area contributed by atoms with Gasteiger partial charge in [-0.3, -0.25) is 0 Å². The lowest BCUT2D eigenvalue weighted by molar-refractivity contribution is 0.643. The first kappa shape index (κ1) is 13.7. The predicted octanol–water partition coefficient (Wildman–Crippen LogP) is 3.97. The number of halogens is 1. The number of rotatable bonds is 5. The van der Waals surface area contributed by atoms with Crippen LogP contribution in [0.4, 0.5) is 0 Å². The number of likely N-dealkylation sites (N-methyl/N-ethyl adjacent to an activating group) is 1. The van der Waals surface area contributed by atoms with E-state index >= 15 is 0 Å². The molecule has 1 atom stereocenters. The van der Waals surface area contributed by atoms with Gasteiger partial charge in [-0.2, -0.15) is 0 Å². The SMILES string of the molecule is CNCC(C)c1ccc(CC(C)C)c(Br)c1. The van der Waals surface area contributed by atoms with Gasteiger partial charge in [-0.05, 0) is 42.5 Å². The quantitative estimate of drug-likeness (QED) is 0.862. The minimum Gasteiger partial charge on any atom is -0.319 e. The molecule has 0 aliphatic carbocycles. The van der Waals surface area contributed by atoms with Gasteiger partial charge in [-0.15, -0.1) is 0 Å². The molecule has 0 fully saturated rings. The molecule has 1 aromatic carbocycles. The van der Waals surface area contributed by atoms with Crippen molar-refractivity contribution in [1.82, 2.24) is 5.32 Å². The summed E-state index contributed by atoms with van der Waals surface area (Å²) in [5, 5.41) is 3.22. The molecule has 0 amide bonds. The standard InChI is InChI=1S/C14H22BrN/c1-10(2)7-13-6-5-12(8-14(13)15)11(3)9-16-4/h5-6,8,10-11,16H,7,9H2,1-4H3. The molecule has 1 unspecified atom stereocenters. The smallest absolute Gasteiger partial charge is 0.0210 e. The van der Waals surface area contributed by atoms with Crippen LogP contribution in [0.5, 0.6) is 0 Å². The molecule has 1 rings (SSSR count). The van der Waals surface area contributed by atoms with Gasteiger partial charge in [0.15, 0.2) is 0 Å². The first-order valence-electron chi connectivity index (χ1n) is 5.97. The van der Waals surface area contributed by atoms with Gasteiger partial charge in [-0.25, -0.2) is 0 Å². The molecule has 0 bridgehead atoms. The fraction of sp³-hybridized carbons (Fsp3) is 0.571. The maximum Gasteiger partial charge on any atom is 0.0210 e. The van der Waals surface area contributed by atoms with E-state index in [9.17, 15) is 0 Å². The van der Waals surface area contributed by atoms with Crippen molar-refractivity contribution < 1.29 is 0 Å². The largest absolute Gasteiger partial charge is 0.319 e. The van der Waals surface area contributed by atoms with E-state index in [2.05, 4.69) is 60.2 Å². The Bertz CT molecular complexity index is 334. The van der Waals surface area contributed by atoms with Crippen LogP contribution in [0.15, 0.2) is 22.7 Å². The van der Waals surface area contributed by atoms with E-state index in [0.717, 1.165) is 13.0 Å². The maximum atomic E-state index is 3.67. The van der Waals surface area contributed by atoms with Gasteiger partial charge < -0.3 is 5.32 Å². The van der Waals surface area contributed by atoms with E-state index in [1.807, 2.05) is 7.05 Å². The topological polar surface area (TPSA) is 12.0 Å². The summed E-state index contributed by atoms with van der Waals surface area (Å²) in [7, 11) is 2.00. The van der Waals surface area contributed by atoms with Crippen LogP contribution >= 0.6 is 15.9 Å². The van der Waals surface area contributed by atoms with E-state index in [1.165, 1.54) is 15.6 Å². The Morgan fingerprint density at radius 3 is 2.44 bits per heavy atom. The van der Waals surface area contributed by atoms with Crippen LogP contribution in [-0.2, 0) is 6.42 Å². The fourth-order valence-electron chi connectivity index (χ4n) is 1.90. The average Bonchev–Trinajstić information content (AvgIpc) is 2.20. The summed E-state index contributed by atoms with van der Waals surface area (Å²) in [5.74, 6) is 1.27. The van der Waals surface area contributed by atoms with Gasteiger partial charge in [0.2, 0.25) is 0 Å². The van der Waals surface area contributed by atoms with E-state index in [1.54, 1.807) is 0 Å². The zero-order valence-corrected chi connectivity index (χ0v) is 12.3. The monoisotopic (exact) mass is 283 g/mol. The molecule has 2 heteroatoms. The second-order valence-electron chi connectivity index (χ2n) is 4.91. The highest BCUT2D eigenvalue weighted by atomic mass is 79.9. The van der Waals surface area contributed by atoms with Crippen molar-refractivity contribution >= 4 is 15.9 Å². The van der Waals surface area contributed by atoms with Gasteiger partial charge in [0.1, 0.15) is 0 Å². The normalized spacial score (nSPS) is 13.1. The maximum absolute atomic E-state index is 3.67. The third-order valence-corrected chi connectivity index (χ3v) is 3.52. The highest BCUT2D eigenvalue weighted by molar-refractivity contribution is 9.10. The first-order chi connectivity index (χ1) is 7.54. The summed E-state index contributed by atoms with van der Waals surface area (Å²) in [4.78, 5) is 0. The summed E-state index contributed by atoms with van der Waals surface area (Å²) >= 11 is 3.67. The van der Waals surface area contributed by atoms with Crippen molar-refractivity contribution in [3.63, 3.8) is 0 Å². The molecule has 16 heavy (non-hydrogen) atoms. The molecule has 0 aromatic heterocycles. The van der Waals surface area contributed by atoms with E-state index < -0.39 is 0 Å². The Morgan fingerprint density at radius 1 is 1.25 bits per heavy atom. The van der Waals surface area contributed by atoms with Crippen molar-refractivity contribution in [3.05, 3.63) is 33.8 Å². The van der Waals surface area contributed by atoms with Crippen molar-refractivity contribution in [1.29, 1.82) is 0 Å². The number of benzene rings is 1. The lowest BCUT2D eigenvalue weighted by Gasteiger charge is -2.14. The van der Waals surface area contributed by atoms with Gasteiger partial charge in [0.05, 0.1) is 0 Å². The molecule has 1 aromatic rings. The molecule has 90 valence electrons. The van der Waals surface area contributed by atoms with Crippen LogP contribution in [0.25, 0.3) is 0 Å². The molecule has 0 radical (unpaired) electrons. The van der Waals surface area contributed by atoms with Gasteiger partial charge in [0.25, 0.3) is 0 Å². The third-order valence-electron chi connectivity index (χ3n) is 2.78. The van der Waals surface area contributed by atoms with Gasteiger partial charge in [0, 0.05) is 11.0 Å². The molecule has 1 N–H and O–H groups in total. The lowest BCUT2D eigenvalue weighted by Crippen LogP contribution is -2.14. The van der Waals surface area contributed by atoms with E-state index in [-0.39, 0.29) is 0 Å². The number of nitrogens with one attached hydrogen (secondary N) is 1. The molecule has 1 nitrogen and oxygen atoms in total. The van der Waals surface area contributed by atoms with Crippen LogP contribution < -0.4 is 5.32 Å². The number of hydrogen-bond acceptors (Lipinski definition) is 1. The Kier molecular flexibility index (Phi) is 5.50. The molecule has 0 saturated carbocycles. The van der Waals surface area contributed by atoms with Gasteiger partial charge in [-0.1, -0.05) is 48.8 Å². The van der Waals surface area contributed by atoms with E-state index in [0.29, 0.717) is 11.8 Å². The van der Waals surface area contributed by atoms with Crippen molar-refractivity contribution in [2.24, 2.45) is 5.92 Å². The molecular weight excluding hydrogens is 262 g/mol. The Hall–Kier alpha value is -0.340. The first-order valence-corrected chi connectivity index (χ1v) is 6.76.